The Balaban J connectivity index is 1.76. The lowest BCUT2D eigenvalue weighted by atomic mass is 10.00. The lowest BCUT2D eigenvalue weighted by molar-refractivity contribution is -0.129. The second kappa shape index (κ2) is 9.09. The third kappa shape index (κ3) is 4.60. The Hall–Kier alpha value is -2.99. The molecule has 0 saturated carbocycles. The van der Waals surface area contributed by atoms with E-state index >= 15 is 0 Å². The number of fused-ring (bicyclic) bond motifs is 1. The molecule has 0 spiro atoms. The molecule has 2 aromatic rings. The number of unbranched alkanes of at least 4 members (excludes halogenated alkanes) is 2. The van der Waals surface area contributed by atoms with E-state index < -0.39 is 0 Å². The average molecular weight is 365 g/mol. The molecule has 0 saturated heterocycles. The molecule has 0 aromatic heterocycles. The first-order valence-corrected chi connectivity index (χ1v) is 9.13. The fourth-order valence-electron chi connectivity index (χ4n) is 3.24. The number of rotatable bonds is 7. The molecule has 2 aromatic carbocycles. The summed E-state index contributed by atoms with van der Waals surface area (Å²) >= 11 is 0. The van der Waals surface area contributed by atoms with Crippen molar-refractivity contribution < 1.29 is 14.8 Å². The van der Waals surface area contributed by atoms with Crippen LogP contribution in [0.5, 0.6) is 0 Å². The average Bonchev–Trinajstić information content (AvgIpc) is 2.85. The number of aliphatic imine (C=N–C) groups is 1. The predicted octanol–water partition coefficient (Wildman–Crippen LogP) is 2.94. The highest BCUT2D eigenvalue weighted by Crippen LogP contribution is 2.27. The van der Waals surface area contributed by atoms with Crippen molar-refractivity contribution in [3.05, 3.63) is 65.7 Å². The minimum absolute atomic E-state index is 0.0264. The highest BCUT2D eigenvalue weighted by Gasteiger charge is 2.24. The summed E-state index contributed by atoms with van der Waals surface area (Å²) in [6, 6.07) is 17.7. The van der Waals surface area contributed by atoms with Gasteiger partial charge < -0.3 is 4.90 Å². The van der Waals surface area contributed by atoms with Crippen LogP contribution in [-0.4, -0.2) is 35.8 Å². The molecule has 0 atom stereocenters. The number of nitrogens with zero attached hydrogens (tertiary/aromatic N) is 2. The number of para-hydroxylation sites is 1. The number of amides is 2. The number of carbonyl (C=O) groups excluding carboxylic acids is 2. The van der Waals surface area contributed by atoms with Gasteiger partial charge in [0, 0.05) is 24.1 Å². The van der Waals surface area contributed by atoms with Crippen LogP contribution in [0.15, 0.2) is 59.6 Å². The lowest BCUT2D eigenvalue weighted by Gasteiger charge is -2.23. The van der Waals surface area contributed by atoms with Crippen molar-refractivity contribution in [1.29, 1.82) is 0 Å². The molecule has 2 amide bonds. The van der Waals surface area contributed by atoms with E-state index in [1.807, 2.05) is 54.6 Å². The monoisotopic (exact) mass is 365 g/mol. The largest absolute Gasteiger partial charge is 0.310 e. The van der Waals surface area contributed by atoms with Crippen LogP contribution in [-0.2, 0) is 9.59 Å². The van der Waals surface area contributed by atoms with Crippen LogP contribution >= 0.6 is 0 Å². The number of anilines is 1. The smallest absolute Gasteiger partial charge is 0.248 e. The summed E-state index contributed by atoms with van der Waals surface area (Å²) in [6.07, 6.45) is 2.52. The van der Waals surface area contributed by atoms with Crippen molar-refractivity contribution in [2.45, 2.75) is 25.7 Å². The van der Waals surface area contributed by atoms with Gasteiger partial charge in [-0.15, -0.1) is 0 Å². The van der Waals surface area contributed by atoms with E-state index in [0.717, 1.165) is 35.4 Å². The molecular formula is C21H23N3O3. The summed E-state index contributed by atoms with van der Waals surface area (Å²) in [5.41, 5.74) is 5.29. The highest BCUT2D eigenvalue weighted by molar-refractivity contribution is 6.19. The lowest BCUT2D eigenvalue weighted by Crippen LogP contribution is -2.33. The van der Waals surface area contributed by atoms with Gasteiger partial charge in [0.25, 0.3) is 0 Å². The number of benzene rings is 2. The number of hydrogen-bond donors (Lipinski definition) is 2. The van der Waals surface area contributed by atoms with Gasteiger partial charge in [0.2, 0.25) is 11.8 Å². The molecule has 1 aliphatic heterocycles. The van der Waals surface area contributed by atoms with Crippen LogP contribution in [0.1, 0.15) is 36.8 Å². The van der Waals surface area contributed by atoms with E-state index in [1.165, 1.54) is 0 Å². The highest BCUT2D eigenvalue weighted by atomic mass is 16.5. The van der Waals surface area contributed by atoms with Gasteiger partial charge in [0.05, 0.1) is 11.4 Å². The summed E-state index contributed by atoms with van der Waals surface area (Å²) in [5, 5.41) is 8.52. The summed E-state index contributed by atoms with van der Waals surface area (Å²) in [5.74, 6) is -0.409. The van der Waals surface area contributed by atoms with Gasteiger partial charge in [0.1, 0.15) is 6.54 Å². The van der Waals surface area contributed by atoms with E-state index in [-0.39, 0.29) is 24.8 Å². The van der Waals surface area contributed by atoms with Gasteiger partial charge in [-0.05, 0) is 18.9 Å². The minimum atomic E-state index is -0.382. The summed E-state index contributed by atoms with van der Waals surface area (Å²) in [7, 11) is 0. The third-order valence-electron chi connectivity index (χ3n) is 4.58. The molecule has 27 heavy (non-hydrogen) atoms. The molecule has 1 heterocycles. The topological polar surface area (TPSA) is 82.0 Å². The Morgan fingerprint density at radius 3 is 2.56 bits per heavy atom. The summed E-state index contributed by atoms with van der Waals surface area (Å²) in [6.45, 7) is 0.694. The molecule has 0 unspecified atom stereocenters. The van der Waals surface area contributed by atoms with Crippen molar-refractivity contribution in [2.24, 2.45) is 4.99 Å². The maximum Gasteiger partial charge on any atom is 0.248 e. The van der Waals surface area contributed by atoms with Crippen LogP contribution in [0, 0.1) is 0 Å². The number of hydroxylamine groups is 1. The van der Waals surface area contributed by atoms with Gasteiger partial charge in [0.15, 0.2) is 0 Å². The molecular weight excluding hydrogens is 342 g/mol. The Bertz CT molecular complexity index is 834. The van der Waals surface area contributed by atoms with Crippen LogP contribution in [0.4, 0.5) is 5.69 Å². The zero-order valence-electron chi connectivity index (χ0n) is 15.1. The normalized spacial score (nSPS) is 13.6. The van der Waals surface area contributed by atoms with Crippen LogP contribution < -0.4 is 10.4 Å². The quantitative estimate of drug-likeness (QED) is 0.450. The molecule has 1 aliphatic rings. The molecule has 6 heteroatoms. The van der Waals surface area contributed by atoms with Crippen molar-refractivity contribution in [3.63, 3.8) is 0 Å². The number of hydrogen-bond acceptors (Lipinski definition) is 4. The maximum atomic E-state index is 12.7. The first-order valence-electron chi connectivity index (χ1n) is 9.13. The van der Waals surface area contributed by atoms with E-state index in [9.17, 15) is 9.59 Å². The summed E-state index contributed by atoms with van der Waals surface area (Å²) < 4.78 is 0. The molecule has 0 radical (unpaired) electrons. The standard InChI is InChI=1S/C21H23N3O3/c25-19(23-27)13-5-2-8-14-24-18-12-7-6-11-17(18)21(22-15-20(24)26)16-9-3-1-4-10-16/h1,3-4,6-7,9-12,27H,2,5,8,13-15H2,(H,23,25). The SMILES string of the molecule is O=C(CCCCCN1C(=O)CN=C(c2ccccc2)c2ccccc21)NO. The van der Waals surface area contributed by atoms with Gasteiger partial charge in [-0.1, -0.05) is 55.0 Å². The Kier molecular flexibility index (Phi) is 6.33. The Labute approximate surface area is 158 Å². The fraction of sp³-hybridized carbons (Fsp3) is 0.286. The van der Waals surface area contributed by atoms with E-state index in [0.29, 0.717) is 13.0 Å². The van der Waals surface area contributed by atoms with E-state index in [1.54, 1.807) is 10.4 Å². The van der Waals surface area contributed by atoms with Gasteiger partial charge in [-0.25, -0.2) is 5.48 Å². The first kappa shape index (κ1) is 18.8. The van der Waals surface area contributed by atoms with E-state index in [4.69, 9.17) is 5.21 Å². The fourth-order valence-corrected chi connectivity index (χ4v) is 3.24. The molecule has 6 nitrogen and oxygen atoms in total. The van der Waals surface area contributed by atoms with E-state index in [2.05, 4.69) is 4.99 Å². The number of benzodiazepines with no additional fused rings is 1. The van der Waals surface area contributed by atoms with Crippen molar-refractivity contribution in [3.8, 4) is 0 Å². The third-order valence-corrected chi connectivity index (χ3v) is 4.58. The zero-order chi connectivity index (χ0) is 19.1. The van der Waals surface area contributed by atoms with Gasteiger partial charge in [-0.2, -0.15) is 0 Å². The van der Waals surface area contributed by atoms with Crippen molar-refractivity contribution >= 4 is 23.2 Å². The van der Waals surface area contributed by atoms with Crippen molar-refractivity contribution in [1.82, 2.24) is 5.48 Å². The van der Waals surface area contributed by atoms with Crippen molar-refractivity contribution in [2.75, 3.05) is 18.0 Å². The predicted molar refractivity (Wildman–Crippen MR) is 104 cm³/mol. The molecule has 140 valence electrons. The second-order valence-electron chi connectivity index (χ2n) is 6.44. The number of nitrogens with one attached hydrogen (secondary N) is 1. The number of carbonyl (C=O) groups is 2. The Morgan fingerprint density at radius 1 is 1.04 bits per heavy atom. The minimum Gasteiger partial charge on any atom is -0.310 e. The molecule has 0 fully saturated rings. The maximum absolute atomic E-state index is 12.7. The molecule has 0 aliphatic carbocycles. The molecule has 3 rings (SSSR count). The zero-order valence-corrected chi connectivity index (χ0v) is 15.1. The summed E-state index contributed by atoms with van der Waals surface area (Å²) in [4.78, 5) is 30.1. The van der Waals surface area contributed by atoms with Gasteiger partial charge in [-0.3, -0.25) is 19.8 Å². The molecule has 2 N–H and O–H groups in total. The first-order chi connectivity index (χ1) is 13.2. The van der Waals surface area contributed by atoms with Crippen LogP contribution in [0.3, 0.4) is 0 Å². The second-order valence-corrected chi connectivity index (χ2v) is 6.44. The van der Waals surface area contributed by atoms with Gasteiger partial charge >= 0.3 is 0 Å². The Morgan fingerprint density at radius 2 is 1.78 bits per heavy atom. The van der Waals surface area contributed by atoms with Crippen LogP contribution in [0.2, 0.25) is 0 Å². The molecule has 0 bridgehead atoms. The van der Waals surface area contributed by atoms with Crippen LogP contribution in [0.25, 0.3) is 0 Å².